The Morgan fingerprint density at radius 3 is 1.91 bits per heavy atom. The Morgan fingerprint density at radius 2 is 0.964 bits per heavy atom. The molecular weight excluding hydrogens is 667 g/mol. The quantitative estimate of drug-likeness (QED) is 0.179. The normalized spacial score (nSPS) is 13.6. The van der Waals surface area contributed by atoms with Crippen LogP contribution in [0.5, 0.6) is 0 Å². The van der Waals surface area contributed by atoms with E-state index in [9.17, 15) is 0 Å². The SMILES string of the molecule is c1ccc(-n2c3ccccc3c3cc(-c4ccc5c(c4)C(c4cccc6c(-c7cccc8oc9ccccc9c78)cccc46)c4ccccc4-5)ccc32)cc1. The second kappa shape index (κ2) is 11.7. The fourth-order valence-electron chi connectivity index (χ4n) is 9.55. The van der Waals surface area contributed by atoms with Crippen molar-refractivity contribution in [2.45, 2.75) is 5.92 Å². The van der Waals surface area contributed by atoms with Gasteiger partial charge in [-0.15, -0.1) is 0 Å². The van der Waals surface area contributed by atoms with Crippen LogP contribution in [0.15, 0.2) is 199 Å². The molecule has 0 bridgehead atoms. The molecule has 0 N–H and O–H groups in total. The second-order valence-electron chi connectivity index (χ2n) is 14.8. The average Bonchev–Trinajstić information content (AvgIpc) is 3.91. The predicted octanol–water partition coefficient (Wildman–Crippen LogP) is 14.3. The summed E-state index contributed by atoms with van der Waals surface area (Å²) in [6.45, 7) is 0. The molecule has 2 nitrogen and oxygen atoms in total. The Labute approximate surface area is 318 Å². The highest BCUT2D eigenvalue weighted by Gasteiger charge is 2.31. The monoisotopic (exact) mass is 699 g/mol. The zero-order valence-corrected chi connectivity index (χ0v) is 29.9. The molecule has 0 fully saturated rings. The highest BCUT2D eigenvalue weighted by molar-refractivity contribution is 6.16. The maximum atomic E-state index is 6.32. The van der Waals surface area contributed by atoms with E-state index in [1.54, 1.807) is 0 Å². The largest absolute Gasteiger partial charge is 0.456 e. The zero-order valence-electron chi connectivity index (χ0n) is 29.9. The topological polar surface area (TPSA) is 18.1 Å². The summed E-state index contributed by atoms with van der Waals surface area (Å²) in [6.07, 6.45) is 0. The molecule has 0 radical (unpaired) electrons. The van der Waals surface area contributed by atoms with E-state index in [2.05, 4.69) is 193 Å². The van der Waals surface area contributed by atoms with Crippen molar-refractivity contribution in [1.29, 1.82) is 0 Å². The van der Waals surface area contributed by atoms with Crippen LogP contribution in [0.3, 0.4) is 0 Å². The molecule has 9 aromatic carbocycles. The molecule has 0 aliphatic heterocycles. The molecule has 2 heteroatoms. The lowest BCUT2D eigenvalue weighted by atomic mass is 9.84. The summed E-state index contributed by atoms with van der Waals surface area (Å²) in [7, 11) is 0. The molecule has 1 aliphatic carbocycles. The Morgan fingerprint density at radius 1 is 0.345 bits per heavy atom. The van der Waals surface area contributed by atoms with Crippen LogP contribution in [-0.4, -0.2) is 4.57 Å². The highest BCUT2D eigenvalue weighted by Crippen LogP contribution is 2.51. The smallest absolute Gasteiger partial charge is 0.136 e. The molecule has 1 unspecified atom stereocenters. The van der Waals surface area contributed by atoms with Gasteiger partial charge in [-0.05, 0) is 109 Å². The van der Waals surface area contributed by atoms with Gasteiger partial charge in [0.1, 0.15) is 11.2 Å². The van der Waals surface area contributed by atoms with Crippen LogP contribution in [0.1, 0.15) is 22.6 Å². The number of furan rings is 1. The van der Waals surface area contributed by atoms with Gasteiger partial charge in [0.25, 0.3) is 0 Å². The lowest BCUT2D eigenvalue weighted by Crippen LogP contribution is -2.01. The molecule has 11 aromatic rings. The summed E-state index contributed by atoms with van der Waals surface area (Å²) in [5.74, 6) is 0.0966. The lowest BCUT2D eigenvalue weighted by Gasteiger charge is -2.19. The van der Waals surface area contributed by atoms with E-state index in [-0.39, 0.29) is 5.92 Å². The van der Waals surface area contributed by atoms with Crippen molar-refractivity contribution in [3.05, 3.63) is 211 Å². The number of hydrogen-bond acceptors (Lipinski definition) is 1. The van der Waals surface area contributed by atoms with Gasteiger partial charge in [0.2, 0.25) is 0 Å². The van der Waals surface area contributed by atoms with E-state index in [0.29, 0.717) is 0 Å². The lowest BCUT2D eigenvalue weighted by molar-refractivity contribution is 0.669. The molecular formula is C53H33NO. The van der Waals surface area contributed by atoms with Gasteiger partial charge in [0.15, 0.2) is 0 Å². The van der Waals surface area contributed by atoms with E-state index in [0.717, 1.165) is 16.6 Å². The molecule has 0 amide bonds. The van der Waals surface area contributed by atoms with E-state index >= 15 is 0 Å². The van der Waals surface area contributed by atoms with Crippen LogP contribution in [-0.2, 0) is 0 Å². The van der Waals surface area contributed by atoms with Crippen LogP contribution < -0.4 is 0 Å². The molecule has 256 valence electrons. The van der Waals surface area contributed by atoms with E-state index < -0.39 is 0 Å². The minimum absolute atomic E-state index is 0.0966. The van der Waals surface area contributed by atoms with E-state index in [1.165, 1.54) is 93.7 Å². The van der Waals surface area contributed by atoms with Gasteiger partial charge in [0.05, 0.1) is 11.0 Å². The van der Waals surface area contributed by atoms with Crippen molar-refractivity contribution in [3.8, 4) is 39.1 Å². The van der Waals surface area contributed by atoms with Crippen LogP contribution in [0.25, 0.3) is 93.6 Å². The van der Waals surface area contributed by atoms with Crippen molar-refractivity contribution < 1.29 is 4.42 Å². The van der Waals surface area contributed by atoms with Gasteiger partial charge in [-0.2, -0.15) is 0 Å². The zero-order chi connectivity index (χ0) is 36.0. The second-order valence-corrected chi connectivity index (χ2v) is 14.8. The molecule has 0 saturated heterocycles. The van der Waals surface area contributed by atoms with Gasteiger partial charge in [0, 0.05) is 33.2 Å². The highest BCUT2D eigenvalue weighted by atomic mass is 16.3. The Hall–Kier alpha value is -7.16. The molecule has 55 heavy (non-hydrogen) atoms. The van der Waals surface area contributed by atoms with E-state index in [4.69, 9.17) is 4.42 Å². The first-order chi connectivity index (χ1) is 27.3. The maximum absolute atomic E-state index is 6.32. The number of nitrogens with zero attached hydrogens (tertiary/aromatic N) is 1. The number of benzene rings is 9. The van der Waals surface area contributed by atoms with Crippen molar-refractivity contribution in [1.82, 2.24) is 4.57 Å². The first-order valence-electron chi connectivity index (χ1n) is 19.0. The first kappa shape index (κ1) is 30.3. The summed E-state index contributed by atoms with van der Waals surface area (Å²) >= 11 is 0. The summed E-state index contributed by atoms with van der Waals surface area (Å²) in [5, 5.41) is 7.37. The van der Waals surface area contributed by atoms with Crippen molar-refractivity contribution >= 4 is 54.5 Å². The van der Waals surface area contributed by atoms with Gasteiger partial charge in [-0.3, -0.25) is 0 Å². The van der Waals surface area contributed by atoms with Crippen LogP contribution in [0.2, 0.25) is 0 Å². The van der Waals surface area contributed by atoms with Gasteiger partial charge < -0.3 is 8.98 Å². The fraction of sp³-hybridized carbons (Fsp3) is 0.0189. The van der Waals surface area contributed by atoms with Crippen molar-refractivity contribution in [3.63, 3.8) is 0 Å². The molecule has 0 saturated carbocycles. The summed E-state index contributed by atoms with van der Waals surface area (Å²) in [6, 6.07) is 71.0. The first-order valence-corrected chi connectivity index (χ1v) is 19.0. The van der Waals surface area contributed by atoms with Gasteiger partial charge in [-0.25, -0.2) is 0 Å². The van der Waals surface area contributed by atoms with Crippen LogP contribution >= 0.6 is 0 Å². The van der Waals surface area contributed by atoms with E-state index in [1.807, 2.05) is 6.07 Å². The summed E-state index contributed by atoms with van der Waals surface area (Å²) in [4.78, 5) is 0. The van der Waals surface area contributed by atoms with Crippen molar-refractivity contribution in [2.75, 3.05) is 0 Å². The number of para-hydroxylation sites is 3. The summed E-state index contributed by atoms with van der Waals surface area (Å²) < 4.78 is 8.71. The molecule has 2 aromatic heterocycles. The average molecular weight is 700 g/mol. The summed E-state index contributed by atoms with van der Waals surface area (Å²) in [5.41, 5.74) is 17.0. The predicted molar refractivity (Wildman–Crippen MR) is 229 cm³/mol. The maximum Gasteiger partial charge on any atom is 0.136 e. The van der Waals surface area contributed by atoms with Gasteiger partial charge in [-0.1, -0.05) is 146 Å². The Kier molecular flexibility index (Phi) is 6.43. The Bertz CT molecular complexity index is 3330. The molecule has 12 rings (SSSR count). The minimum Gasteiger partial charge on any atom is -0.456 e. The number of fused-ring (bicyclic) bond motifs is 10. The number of rotatable bonds is 4. The molecule has 1 aliphatic rings. The third-order valence-electron chi connectivity index (χ3n) is 11.9. The van der Waals surface area contributed by atoms with Gasteiger partial charge >= 0.3 is 0 Å². The molecule has 0 spiro atoms. The standard InChI is InChI=1S/C53H33NO/c1-2-13-35(14-3-1)54-48-24-8-6-16-41(48)46-31-34(28-30-49(46)54)33-27-29-40-37-15-4-5-17-42(37)52(47(40)32-33)43-22-11-19-36-38(43)20-10-21-39(36)44-23-12-26-51-53(44)45-18-7-9-25-50(45)55-51/h1-32,52H. The fourth-order valence-corrected chi connectivity index (χ4v) is 9.55. The van der Waals surface area contributed by atoms with Crippen LogP contribution in [0.4, 0.5) is 0 Å². The minimum atomic E-state index is 0.0966. The molecule has 2 heterocycles. The molecule has 1 atom stereocenters. The third kappa shape index (κ3) is 4.43. The third-order valence-corrected chi connectivity index (χ3v) is 11.9. The van der Waals surface area contributed by atoms with Crippen LogP contribution in [0, 0.1) is 0 Å². The number of hydrogen-bond donors (Lipinski definition) is 0. The Balaban J connectivity index is 1.04. The number of aromatic nitrogens is 1. The van der Waals surface area contributed by atoms with Crippen molar-refractivity contribution in [2.24, 2.45) is 0 Å².